The van der Waals surface area contributed by atoms with E-state index in [4.69, 9.17) is 9.84 Å². The van der Waals surface area contributed by atoms with E-state index in [1.807, 2.05) is 0 Å². The highest BCUT2D eigenvalue weighted by Crippen LogP contribution is 2.31. The summed E-state index contributed by atoms with van der Waals surface area (Å²) >= 11 is 3.28. The molecule has 2 unspecified atom stereocenters. The van der Waals surface area contributed by atoms with E-state index < -0.39 is 17.0 Å². The number of hydrogen-bond acceptors (Lipinski definition) is 6. The third-order valence-electron chi connectivity index (χ3n) is 3.31. The number of carboxylic acid groups (broad SMARTS) is 1. The van der Waals surface area contributed by atoms with Gasteiger partial charge in [-0.25, -0.2) is 9.78 Å². The van der Waals surface area contributed by atoms with Gasteiger partial charge in [-0.1, -0.05) is 0 Å². The third-order valence-corrected chi connectivity index (χ3v) is 4.28. The van der Waals surface area contributed by atoms with Crippen LogP contribution in [0.25, 0.3) is 0 Å². The van der Waals surface area contributed by atoms with Crippen LogP contribution in [-0.4, -0.2) is 39.7 Å². The number of anilines is 1. The zero-order valence-electron chi connectivity index (χ0n) is 11.2. The maximum absolute atomic E-state index is 10.8. The van der Waals surface area contributed by atoms with E-state index in [9.17, 15) is 14.9 Å². The maximum Gasteiger partial charge on any atom is 0.332 e. The fraction of sp³-hybridized carbons (Fsp3) is 0.500. The number of aromatic nitrogens is 1. The van der Waals surface area contributed by atoms with Crippen LogP contribution in [0.5, 0.6) is 0 Å². The van der Waals surface area contributed by atoms with Gasteiger partial charge in [-0.2, -0.15) is 0 Å². The fourth-order valence-electron chi connectivity index (χ4n) is 2.12. The second-order valence-electron chi connectivity index (χ2n) is 4.73. The topological polar surface area (TPSA) is 115 Å². The number of nitrogens with zero attached hydrogens (tertiary/aromatic N) is 2. The quantitative estimate of drug-likeness (QED) is 0.610. The Morgan fingerprint density at radius 2 is 2.38 bits per heavy atom. The first kappa shape index (κ1) is 15.6. The maximum atomic E-state index is 10.8. The Labute approximate surface area is 128 Å². The summed E-state index contributed by atoms with van der Waals surface area (Å²) in [5.41, 5.74) is 0.420. The van der Waals surface area contributed by atoms with Crippen molar-refractivity contribution in [2.45, 2.75) is 32.0 Å². The van der Waals surface area contributed by atoms with Gasteiger partial charge in [0.15, 0.2) is 6.10 Å². The van der Waals surface area contributed by atoms with Gasteiger partial charge in [0, 0.05) is 12.1 Å². The molecule has 21 heavy (non-hydrogen) atoms. The summed E-state index contributed by atoms with van der Waals surface area (Å²) in [6.07, 6.45) is 1.35. The lowest BCUT2D eigenvalue weighted by Crippen LogP contribution is -2.24. The Kier molecular flexibility index (Phi) is 4.73. The number of aliphatic carboxylic acids is 1. The molecule has 2 heterocycles. The number of pyridine rings is 1. The van der Waals surface area contributed by atoms with Crippen LogP contribution >= 0.6 is 15.9 Å². The normalized spacial score (nSPS) is 21.2. The van der Waals surface area contributed by atoms with Crippen LogP contribution < -0.4 is 5.32 Å². The molecule has 9 heteroatoms. The van der Waals surface area contributed by atoms with Crippen molar-refractivity contribution >= 4 is 33.4 Å². The SMILES string of the molecule is Cc1c([N+](=O)[O-])cnc(NCC2CCC(C(=O)O)O2)c1Br. The standard InChI is InChI=1S/C12H14BrN3O5/c1-6-8(16(19)20)5-15-11(10(6)13)14-4-7-2-3-9(21-7)12(17)18/h5,7,9H,2-4H2,1H3,(H,14,15)(H,17,18). The van der Waals surface area contributed by atoms with E-state index in [0.29, 0.717) is 35.2 Å². The van der Waals surface area contributed by atoms with Gasteiger partial charge in [0.1, 0.15) is 12.0 Å². The lowest BCUT2D eigenvalue weighted by molar-refractivity contribution is -0.385. The van der Waals surface area contributed by atoms with Crippen LogP contribution in [0.15, 0.2) is 10.7 Å². The van der Waals surface area contributed by atoms with Crippen LogP contribution in [0.3, 0.4) is 0 Å². The minimum atomic E-state index is -0.956. The molecule has 2 rings (SSSR count). The minimum absolute atomic E-state index is 0.0597. The van der Waals surface area contributed by atoms with Crippen molar-refractivity contribution in [3.63, 3.8) is 0 Å². The summed E-state index contributed by atoms with van der Waals surface area (Å²) in [6.45, 7) is 2.02. The Balaban J connectivity index is 2.00. The predicted molar refractivity (Wildman–Crippen MR) is 77.3 cm³/mol. The Morgan fingerprint density at radius 3 is 2.95 bits per heavy atom. The molecule has 1 aliphatic rings. The Hall–Kier alpha value is -1.74. The number of rotatable bonds is 5. The van der Waals surface area contributed by atoms with Crippen LogP contribution in [0.1, 0.15) is 18.4 Å². The van der Waals surface area contributed by atoms with E-state index >= 15 is 0 Å². The van der Waals surface area contributed by atoms with Crippen LogP contribution in [0, 0.1) is 17.0 Å². The van der Waals surface area contributed by atoms with E-state index in [-0.39, 0.29) is 11.8 Å². The molecule has 0 spiro atoms. The number of halogens is 1. The molecule has 0 saturated carbocycles. The van der Waals surface area contributed by atoms with Gasteiger partial charge in [-0.3, -0.25) is 10.1 Å². The summed E-state index contributed by atoms with van der Waals surface area (Å²) in [5.74, 6) is -0.483. The molecule has 0 aliphatic carbocycles. The van der Waals surface area contributed by atoms with Crippen molar-refractivity contribution in [3.05, 3.63) is 26.3 Å². The first-order valence-corrected chi connectivity index (χ1v) is 7.11. The number of carboxylic acids is 1. The monoisotopic (exact) mass is 359 g/mol. The van der Waals surface area contributed by atoms with E-state index in [1.165, 1.54) is 6.20 Å². The fourth-order valence-corrected chi connectivity index (χ4v) is 2.57. The zero-order chi connectivity index (χ0) is 15.6. The van der Waals surface area contributed by atoms with Gasteiger partial charge in [-0.05, 0) is 35.7 Å². The highest BCUT2D eigenvalue weighted by molar-refractivity contribution is 9.10. The summed E-state index contributed by atoms with van der Waals surface area (Å²) in [6, 6.07) is 0. The van der Waals surface area contributed by atoms with Gasteiger partial charge in [0.25, 0.3) is 5.69 Å². The molecule has 114 valence electrons. The van der Waals surface area contributed by atoms with Gasteiger partial charge >= 0.3 is 5.97 Å². The molecule has 8 nitrogen and oxygen atoms in total. The summed E-state index contributed by atoms with van der Waals surface area (Å²) in [7, 11) is 0. The lowest BCUT2D eigenvalue weighted by atomic mass is 10.2. The van der Waals surface area contributed by atoms with Crippen LogP contribution in [0.4, 0.5) is 11.5 Å². The smallest absolute Gasteiger partial charge is 0.332 e. The number of carbonyl (C=O) groups is 1. The average molecular weight is 360 g/mol. The Bertz CT molecular complexity index is 580. The van der Waals surface area contributed by atoms with Crippen molar-refractivity contribution in [1.29, 1.82) is 0 Å². The largest absolute Gasteiger partial charge is 0.479 e. The molecule has 1 aromatic rings. The van der Waals surface area contributed by atoms with E-state index in [0.717, 1.165) is 0 Å². The predicted octanol–water partition coefficient (Wildman–Crippen LogP) is 2.10. The van der Waals surface area contributed by atoms with Crippen LogP contribution in [0.2, 0.25) is 0 Å². The zero-order valence-corrected chi connectivity index (χ0v) is 12.8. The molecule has 0 amide bonds. The highest BCUT2D eigenvalue weighted by atomic mass is 79.9. The molecule has 2 atom stereocenters. The van der Waals surface area contributed by atoms with Crippen LogP contribution in [-0.2, 0) is 9.53 Å². The summed E-state index contributed by atoms with van der Waals surface area (Å²) in [5, 5.41) is 22.7. The molecule has 2 N–H and O–H groups in total. The van der Waals surface area contributed by atoms with Crippen molar-refractivity contribution in [1.82, 2.24) is 4.98 Å². The number of ether oxygens (including phenoxy) is 1. The summed E-state index contributed by atoms with van der Waals surface area (Å²) < 4.78 is 5.88. The Morgan fingerprint density at radius 1 is 1.67 bits per heavy atom. The first-order chi connectivity index (χ1) is 9.90. The van der Waals surface area contributed by atoms with Crippen molar-refractivity contribution in [2.24, 2.45) is 0 Å². The second-order valence-corrected chi connectivity index (χ2v) is 5.52. The van der Waals surface area contributed by atoms with Gasteiger partial charge in [0.2, 0.25) is 0 Å². The molecule has 1 fully saturated rings. The molecule has 1 aliphatic heterocycles. The highest BCUT2D eigenvalue weighted by Gasteiger charge is 2.30. The minimum Gasteiger partial charge on any atom is -0.479 e. The first-order valence-electron chi connectivity index (χ1n) is 6.31. The van der Waals surface area contributed by atoms with Gasteiger partial charge < -0.3 is 15.2 Å². The van der Waals surface area contributed by atoms with Crippen molar-refractivity contribution in [3.8, 4) is 0 Å². The molecule has 0 aromatic carbocycles. The molecular formula is C12H14BrN3O5. The van der Waals surface area contributed by atoms with E-state index in [2.05, 4.69) is 26.2 Å². The second kappa shape index (κ2) is 6.35. The number of nitro groups is 1. The number of nitrogens with one attached hydrogen (secondary N) is 1. The molecule has 0 bridgehead atoms. The molecule has 1 saturated heterocycles. The van der Waals surface area contributed by atoms with Gasteiger partial charge in [-0.15, -0.1) is 0 Å². The number of hydrogen-bond donors (Lipinski definition) is 2. The van der Waals surface area contributed by atoms with Gasteiger partial charge in [0.05, 0.1) is 15.5 Å². The molecular weight excluding hydrogens is 346 g/mol. The summed E-state index contributed by atoms with van der Waals surface area (Å²) in [4.78, 5) is 25.1. The van der Waals surface area contributed by atoms with E-state index in [1.54, 1.807) is 6.92 Å². The molecule has 1 aromatic heterocycles. The molecule has 0 radical (unpaired) electrons. The van der Waals surface area contributed by atoms with Crippen molar-refractivity contribution in [2.75, 3.05) is 11.9 Å². The average Bonchev–Trinajstić information content (AvgIpc) is 2.89. The lowest BCUT2D eigenvalue weighted by Gasteiger charge is -2.14. The third kappa shape index (κ3) is 3.48. The van der Waals surface area contributed by atoms with Crippen molar-refractivity contribution < 1.29 is 19.6 Å².